The van der Waals surface area contributed by atoms with Gasteiger partial charge in [0.25, 0.3) is 0 Å². The fourth-order valence-electron chi connectivity index (χ4n) is 0.755. The molecular weight excluding hydrogens is 268 g/mol. The standard InChI is InChI=1S/C13H13BrO2/c14-11-9-7-5-3-1-2-4-6-8-10-13(16)12-15/h15H,2,5,8,10-12H2. The summed E-state index contributed by atoms with van der Waals surface area (Å²) in [5, 5.41) is 9.12. The maximum Gasteiger partial charge on any atom is 0.159 e. The molecule has 0 aliphatic heterocycles. The SMILES string of the molecule is O=C(CO)CCC#CCC#CCC#CCBr. The minimum atomic E-state index is -0.395. The summed E-state index contributed by atoms with van der Waals surface area (Å²) >= 11 is 3.19. The van der Waals surface area contributed by atoms with E-state index < -0.39 is 6.61 Å². The minimum absolute atomic E-state index is 0.176. The molecule has 0 unspecified atom stereocenters. The van der Waals surface area contributed by atoms with Gasteiger partial charge in [0, 0.05) is 12.8 Å². The number of carbonyl (C=O) groups is 1. The smallest absolute Gasteiger partial charge is 0.159 e. The topological polar surface area (TPSA) is 37.3 Å². The molecule has 0 rings (SSSR count). The number of aliphatic hydroxyl groups is 1. The first-order valence-electron chi connectivity index (χ1n) is 4.87. The summed E-state index contributed by atoms with van der Waals surface area (Å²) in [6.07, 6.45) is 1.87. The lowest BCUT2D eigenvalue weighted by molar-refractivity contribution is -0.121. The Morgan fingerprint density at radius 3 is 2.12 bits per heavy atom. The molecule has 0 spiro atoms. The third-order valence-electron chi connectivity index (χ3n) is 1.50. The molecule has 3 heteroatoms. The van der Waals surface area contributed by atoms with Crippen molar-refractivity contribution in [2.45, 2.75) is 25.7 Å². The zero-order valence-electron chi connectivity index (χ0n) is 8.98. The molecule has 84 valence electrons. The van der Waals surface area contributed by atoms with Crippen molar-refractivity contribution in [3.05, 3.63) is 0 Å². The van der Waals surface area contributed by atoms with Gasteiger partial charge in [-0.25, -0.2) is 0 Å². The van der Waals surface area contributed by atoms with Gasteiger partial charge < -0.3 is 5.11 Å². The van der Waals surface area contributed by atoms with Crippen molar-refractivity contribution in [3.8, 4) is 35.5 Å². The molecule has 0 aromatic rings. The van der Waals surface area contributed by atoms with Gasteiger partial charge in [0.05, 0.1) is 18.2 Å². The molecule has 0 aromatic heterocycles. The highest BCUT2D eigenvalue weighted by Crippen LogP contribution is 1.88. The van der Waals surface area contributed by atoms with E-state index >= 15 is 0 Å². The van der Waals surface area contributed by atoms with Crippen LogP contribution in [0.25, 0.3) is 0 Å². The van der Waals surface area contributed by atoms with E-state index in [1.807, 2.05) is 0 Å². The van der Waals surface area contributed by atoms with Crippen LogP contribution in [0.2, 0.25) is 0 Å². The first-order chi connectivity index (χ1) is 7.81. The molecule has 0 aromatic carbocycles. The van der Waals surface area contributed by atoms with Crippen LogP contribution in [0.4, 0.5) is 0 Å². The van der Waals surface area contributed by atoms with E-state index in [9.17, 15) is 4.79 Å². The number of alkyl halides is 1. The molecule has 0 fully saturated rings. The van der Waals surface area contributed by atoms with Crippen molar-refractivity contribution in [2.75, 3.05) is 11.9 Å². The van der Waals surface area contributed by atoms with Crippen molar-refractivity contribution < 1.29 is 9.90 Å². The van der Waals surface area contributed by atoms with Gasteiger partial charge in [-0.1, -0.05) is 45.5 Å². The first kappa shape index (κ1) is 14.8. The van der Waals surface area contributed by atoms with Gasteiger partial charge in [-0.05, 0) is 0 Å². The molecule has 16 heavy (non-hydrogen) atoms. The number of hydrogen-bond donors (Lipinski definition) is 1. The van der Waals surface area contributed by atoms with Gasteiger partial charge in [-0.3, -0.25) is 4.79 Å². The van der Waals surface area contributed by atoms with E-state index in [1.54, 1.807) is 0 Å². The highest BCUT2D eigenvalue weighted by molar-refractivity contribution is 9.09. The van der Waals surface area contributed by atoms with Crippen molar-refractivity contribution >= 4 is 21.7 Å². The third kappa shape index (κ3) is 10.9. The fraction of sp³-hybridized carbons (Fsp3) is 0.462. The number of ketones is 1. The monoisotopic (exact) mass is 280 g/mol. The average Bonchev–Trinajstić information content (AvgIpc) is 2.31. The average molecular weight is 281 g/mol. The van der Waals surface area contributed by atoms with Gasteiger partial charge in [-0.15, -0.1) is 5.92 Å². The molecule has 0 aliphatic carbocycles. The van der Waals surface area contributed by atoms with Crippen molar-refractivity contribution in [3.63, 3.8) is 0 Å². The first-order valence-corrected chi connectivity index (χ1v) is 5.99. The van der Waals surface area contributed by atoms with Crippen molar-refractivity contribution in [1.82, 2.24) is 0 Å². The molecule has 0 amide bonds. The molecule has 0 saturated heterocycles. The summed E-state index contributed by atoms with van der Waals surface area (Å²) in [5.74, 6) is 17.0. The van der Waals surface area contributed by atoms with Crippen LogP contribution in [0.1, 0.15) is 25.7 Å². The van der Waals surface area contributed by atoms with Crippen molar-refractivity contribution in [2.24, 2.45) is 0 Å². The zero-order valence-corrected chi connectivity index (χ0v) is 10.6. The highest BCUT2D eigenvalue weighted by atomic mass is 79.9. The van der Waals surface area contributed by atoms with Crippen LogP contribution in [0, 0.1) is 35.5 Å². The number of rotatable bonds is 3. The Hall–Kier alpha value is -1.21. The summed E-state index contributed by atoms with van der Waals surface area (Å²) < 4.78 is 0. The van der Waals surface area contributed by atoms with E-state index in [0.717, 1.165) is 0 Å². The van der Waals surface area contributed by atoms with E-state index in [4.69, 9.17) is 5.11 Å². The maximum atomic E-state index is 10.7. The lowest BCUT2D eigenvalue weighted by atomic mass is 10.2. The lowest BCUT2D eigenvalue weighted by Gasteiger charge is -1.87. The fourth-order valence-corrected chi connectivity index (χ4v) is 0.953. The van der Waals surface area contributed by atoms with E-state index in [-0.39, 0.29) is 5.78 Å². The minimum Gasteiger partial charge on any atom is -0.389 e. The van der Waals surface area contributed by atoms with Crippen LogP contribution >= 0.6 is 15.9 Å². The Bertz CT molecular complexity index is 379. The van der Waals surface area contributed by atoms with E-state index in [0.29, 0.717) is 31.0 Å². The Labute approximate surface area is 105 Å². The second-order valence-corrected chi connectivity index (χ2v) is 3.31. The molecular formula is C13H13BrO2. The summed E-state index contributed by atoms with van der Waals surface area (Å²) in [4.78, 5) is 10.7. The predicted molar refractivity (Wildman–Crippen MR) is 67.7 cm³/mol. The maximum absolute atomic E-state index is 10.7. The van der Waals surface area contributed by atoms with Gasteiger partial charge >= 0.3 is 0 Å². The quantitative estimate of drug-likeness (QED) is 0.629. The third-order valence-corrected chi connectivity index (χ3v) is 1.78. The Morgan fingerprint density at radius 2 is 1.56 bits per heavy atom. The van der Waals surface area contributed by atoms with Crippen LogP contribution in [0.15, 0.2) is 0 Å². The second-order valence-electron chi connectivity index (χ2n) is 2.74. The normalized spacial score (nSPS) is 7.62. The Morgan fingerprint density at radius 1 is 1.00 bits per heavy atom. The van der Waals surface area contributed by atoms with Crippen LogP contribution in [0.5, 0.6) is 0 Å². The van der Waals surface area contributed by atoms with Crippen LogP contribution < -0.4 is 0 Å². The van der Waals surface area contributed by atoms with Crippen LogP contribution in [-0.4, -0.2) is 22.8 Å². The van der Waals surface area contributed by atoms with Gasteiger partial charge in [0.2, 0.25) is 0 Å². The molecule has 0 heterocycles. The number of halogens is 1. The van der Waals surface area contributed by atoms with Gasteiger partial charge in [0.15, 0.2) is 5.78 Å². The molecule has 1 N–H and O–H groups in total. The molecule has 0 bridgehead atoms. The number of hydrogen-bond acceptors (Lipinski definition) is 2. The Balaban J connectivity index is 3.57. The molecule has 0 saturated carbocycles. The lowest BCUT2D eigenvalue weighted by Crippen LogP contribution is -2.01. The molecule has 0 atom stereocenters. The summed E-state index contributed by atoms with van der Waals surface area (Å²) in [6, 6.07) is 0. The molecule has 0 radical (unpaired) electrons. The largest absolute Gasteiger partial charge is 0.389 e. The molecule has 0 aliphatic rings. The van der Waals surface area contributed by atoms with Crippen LogP contribution in [-0.2, 0) is 4.79 Å². The predicted octanol–water partition coefficient (Wildman–Crippen LogP) is 1.51. The summed E-state index contributed by atoms with van der Waals surface area (Å²) in [6.45, 7) is -0.395. The highest BCUT2D eigenvalue weighted by Gasteiger charge is 1.94. The second kappa shape index (κ2) is 11.9. The number of carbonyl (C=O) groups excluding carboxylic acids is 1. The van der Waals surface area contributed by atoms with Gasteiger partial charge in [-0.2, -0.15) is 0 Å². The van der Waals surface area contributed by atoms with E-state index in [1.165, 1.54) is 0 Å². The molecule has 2 nitrogen and oxygen atoms in total. The summed E-state index contributed by atoms with van der Waals surface area (Å²) in [5.41, 5.74) is 0. The zero-order chi connectivity index (χ0) is 12.1. The Kier molecular flexibility index (Phi) is 11.0. The number of aliphatic hydroxyl groups excluding tert-OH is 1. The van der Waals surface area contributed by atoms with Crippen molar-refractivity contribution in [1.29, 1.82) is 0 Å². The number of Topliss-reactive ketones (excluding diaryl/α,β-unsaturated/α-hetero) is 1. The van der Waals surface area contributed by atoms with E-state index in [2.05, 4.69) is 51.5 Å². The van der Waals surface area contributed by atoms with Crippen LogP contribution in [0.3, 0.4) is 0 Å². The van der Waals surface area contributed by atoms with Gasteiger partial charge in [0.1, 0.15) is 6.61 Å². The summed E-state index contributed by atoms with van der Waals surface area (Å²) in [7, 11) is 0.